The molecule has 0 bridgehead atoms. The third-order valence-corrected chi connectivity index (χ3v) is 4.87. The molecule has 0 saturated heterocycles. The van der Waals surface area contributed by atoms with Crippen molar-refractivity contribution in [3.8, 4) is 5.75 Å². The summed E-state index contributed by atoms with van der Waals surface area (Å²) in [6, 6.07) is 5.39. The van der Waals surface area contributed by atoms with Crippen molar-refractivity contribution in [2.75, 3.05) is 7.11 Å². The average Bonchev–Trinajstić information content (AvgIpc) is 2.39. The molecule has 0 spiro atoms. The lowest BCUT2D eigenvalue weighted by Gasteiger charge is -2.16. The second kappa shape index (κ2) is 6.82. The first-order valence-corrected chi connectivity index (χ1v) is 8.13. The maximum atomic E-state index is 14.0. The Hall–Kier alpha value is -0.360. The Labute approximate surface area is 147 Å². The molecule has 2 aromatic rings. The minimum atomic E-state index is -0.776. The third kappa shape index (κ3) is 3.52. The standard InChI is InChI=1S/C14H8Br2Cl2F2O/c1-21-12-5-8(17)7(4-9(12)18)14(16)13-10(19)2-6(15)3-11(13)20/h2-5,14H,1H3. The molecule has 1 nitrogen and oxygen atoms in total. The quantitative estimate of drug-likeness (QED) is 0.473. The van der Waals surface area contributed by atoms with Crippen LogP contribution >= 0.6 is 55.1 Å². The van der Waals surface area contributed by atoms with Gasteiger partial charge in [0.2, 0.25) is 0 Å². The van der Waals surface area contributed by atoms with Gasteiger partial charge in [0.15, 0.2) is 0 Å². The van der Waals surface area contributed by atoms with Crippen LogP contribution in [0.1, 0.15) is 16.0 Å². The number of hydrogen-bond acceptors (Lipinski definition) is 1. The first-order chi connectivity index (χ1) is 9.85. The molecular formula is C14H8Br2Cl2F2O. The van der Waals surface area contributed by atoms with Crippen LogP contribution in [-0.4, -0.2) is 7.11 Å². The van der Waals surface area contributed by atoms with Gasteiger partial charge >= 0.3 is 0 Å². The van der Waals surface area contributed by atoms with Crippen molar-refractivity contribution in [1.82, 2.24) is 0 Å². The van der Waals surface area contributed by atoms with Gasteiger partial charge in [-0.15, -0.1) is 0 Å². The van der Waals surface area contributed by atoms with E-state index in [2.05, 4.69) is 31.9 Å². The van der Waals surface area contributed by atoms with Crippen molar-refractivity contribution in [3.05, 3.63) is 61.5 Å². The fourth-order valence-corrected chi connectivity index (χ4v) is 3.71. The van der Waals surface area contributed by atoms with E-state index in [0.717, 1.165) is 0 Å². The molecule has 0 N–H and O–H groups in total. The average molecular weight is 461 g/mol. The Morgan fingerprint density at radius 3 is 2.14 bits per heavy atom. The van der Waals surface area contributed by atoms with Gasteiger partial charge in [0, 0.05) is 21.1 Å². The number of methoxy groups -OCH3 is 1. The summed E-state index contributed by atoms with van der Waals surface area (Å²) < 4.78 is 33.4. The van der Waals surface area contributed by atoms with E-state index in [9.17, 15) is 8.78 Å². The maximum Gasteiger partial charge on any atom is 0.138 e. The van der Waals surface area contributed by atoms with Gasteiger partial charge in [-0.25, -0.2) is 8.78 Å². The van der Waals surface area contributed by atoms with Crippen LogP contribution in [-0.2, 0) is 0 Å². The Bertz CT molecular complexity index is 672. The lowest BCUT2D eigenvalue weighted by Crippen LogP contribution is -2.02. The summed E-state index contributed by atoms with van der Waals surface area (Å²) in [6.07, 6.45) is 0. The van der Waals surface area contributed by atoms with Crippen molar-refractivity contribution in [1.29, 1.82) is 0 Å². The highest BCUT2D eigenvalue weighted by Gasteiger charge is 2.23. The van der Waals surface area contributed by atoms with E-state index in [1.807, 2.05) is 0 Å². The summed E-state index contributed by atoms with van der Waals surface area (Å²) in [5.41, 5.74) is 0.309. The molecule has 0 radical (unpaired) electrons. The Balaban J connectivity index is 2.55. The van der Waals surface area contributed by atoms with Crippen LogP contribution in [0, 0.1) is 11.6 Å². The van der Waals surface area contributed by atoms with Gasteiger partial charge in [0.1, 0.15) is 17.4 Å². The molecule has 2 rings (SSSR count). The van der Waals surface area contributed by atoms with Gasteiger partial charge in [-0.05, 0) is 23.8 Å². The van der Waals surface area contributed by atoms with Crippen molar-refractivity contribution >= 4 is 55.1 Å². The third-order valence-electron chi connectivity index (χ3n) is 2.84. The molecule has 7 heteroatoms. The molecule has 2 aromatic carbocycles. The summed E-state index contributed by atoms with van der Waals surface area (Å²) in [4.78, 5) is -0.776. The molecule has 0 amide bonds. The molecule has 1 atom stereocenters. The molecule has 0 saturated carbocycles. The fourth-order valence-electron chi connectivity index (χ4n) is 1.85. The lowest BCUT2D eigenvalue weighted by atomic mass is 10.0. The van der Waals surface area contributed by atoms with Crippen LogP contribution in [0.4, 0.5) is 8.78 Å². The van der Waals surface area contributed by atoms with E-state index in [4.69, 9.17) is 27.9 Å². The van der Waals surface area contributed by atoms with E-state index >= 15 is 0 Å². The van der Waals surface area contributed by atoms with Crippen LogP contribution in [0.3, 0.4) is 0 Å². The second-order valence-electron chi connectivity index (χ2n) is 4.15. The molecule has 0 fully saturated rings. The first kappa shape index (κ1) is 17.0. The first-order valence-electron chi connectivity index (χ1n) is 5.66. The molecule has 0 aliphatic carbocycles. The largest absolute Gasteiger partial charge is 0.495 e. The van der Waals surface area contributed by atoms with E-state index in [0.29, 0.717) is 25.8 Å². The van der Waals surface area contributed by atoms with Crippen molar-refractivity contribution in [2.24, 2.45) is 0 Å². The lowest BCUT2D eigenvalue weighted by molar-refractivity contribution is 0.415. The highest BCUT2D eigenvalue weighted by atomic mass is 79.9. The minimum Gasteiger partial charge on any atom is -0.495 e. The van der Waals surface area contributed by atoms with E-state index in [1.165, 1.54) is 31.4 Å². The smallest absolute Gasteiger partial charge is 0.138 e. The van der Waals surface area contributed by atoms with Gasteiger partial charge in [-0.3, -0.25) is 0 Å². The summed E-state index contributed by atoms with van der Waals surface area (Å²) in [6.45, 7) is 0. The van der Waals surface area contributed by atoms with Gasteiger partial charge in [-0.1, -0.05) is 55.1 Å². The Morgan fingerprint density at radius 2 is 1.62 bits per heavy atom. The molecule has 21 heavy (non-hydrogen) atoms. The van der Waals surface area contributed by atoms with Gasteiger partial charge in [0.25, 0.3) is 0 Å². The number of rotatable bonds is 3. The van der Waals surface area contributed by atoms with Crippen LogP contribution in [0.5, 0.6) is 5.75 Å². The van der Waals surface area contributed by atoms with Crippen molar-refractivity contribution in [3.63, 3.8) is 0 Å². The minimum absolute atomic E-state index is 0.138. The summed E-state index contributed by atoms with van der Waals surface area (Å²) in [5, 5.41) is 0.596. The van der Waals surface area contributed by atoms with Crippen LogP contribution in [0.2, 0.25) is 10.0 Å². The van der Waals surface area contributed by atoms with Gasteiger partial charge < -0.3 is 4.74 Å². The molecule has 112 valence electrons. The molecular weight excluding hydrogens is 453 g/mol. The molecule has 0 aliphatic rings. The van der Waals surface area contributed by atoms with Gasteiger partial charge in [0.05, 0.1) is 17.0 Å². The zero-order valence-electron chi connectivity index (χ0n) is 10.6. The number of alkyl halides is 1. The Morgan fingerprint density at radius 1 is 1.05 bits per heavy atom. The van der Waals surface area contributed by atoms with Crippen molar-refractivity contribution in [2.45, 2.75) is 4.83 Å². The monoisotopic (exact) mass is 458 g/mol. The zero-order chi connectivity index (χ0) is 15.7. The van der Waals surface area contributed by atoms with Crippen LogP contribution in [0.25, 0.3) is 0 Å². The SMILES string of the molecule is COc1cc(Cl)c(C(Br)c2c(F)cc(Br)cc2F)cc1Cl. The molecule has 0 heterocycles. The highest BCUT2D eigenvalue weighted by molar-refractivity contribution is 9.10. The summed E-state index contributed by atoms with van der Waals surface area (Å²) in [7, 11) is 1.46. The molecule has 0 aliphatic heterocycles. The topological polar surface area (TPSA) is 9.23 Å². The van der Waals surface area contributed by atoms with Crippen LogP contribution < -0.4 is 4.74 Å². The van der Waals surface area contributed by atoms with E-state index in [1.54, 1.807) is 0 Å². The highest BCUT2D eigenvalue weighted by Crippen LogP contribution is 2.42. The number of ether oxygens (including phenoxy) is 1. The second-order valence-corrected chi connectivity index (χ2v) is 6.80. The van der Waals surface area contributed by atoms with Crippen LogP contribution in [0.15, 0.2) is 28.7 Å². The number of halogens is 6. The summed E-state index contributed by atoms with van der Waals surface area (Å²) in [5.74, 6) is -0.986. The maximum absolute atomic E-state index is 14.0. The zero-order valence-corrected chi connectivity index (χ0v) is 15.2. The predicted octanol–water partition coefficient (Wildman–Crippen LogP) is 6.53. The Kier molecular flexibility index (Phi) is 5.52. The molecule has 0 aromatic heterocycles. The van der Waals surface area contributed by atoms with Gasteiger partial charge in [-0.2, -0.15) is 0 Å². The number of benzene rings is 2. The fraction of sp³-hybridized carbons (Fsp3) is 0.143. The predicted molar refractivity (Wildman–Crippen MR) is 87.8 cm³/mol. The normalized spacial score (nSPS) is 12.3. The van der Waals surface area contributed by atoms with Crippen molar-refractivity contribution < 1.29 is 13.5 Å². The molecule has 1 unspecified atom stereocenters. The number of hydrogen-bond donors (Lipinski definition) is 0. The summed E-state index contributed by atoms with van der Waals surface area (Å²) >= 11 is 18.5. The van der Waals surface area contributed by atoms with E-state index in [-0.39, 0.29) is 5.56 Å². The van der Waals surface area contributed by atoms with E-state index < -0.39 is 16.5 Å².